The van der Waals surface area contributed by atoms with Crippen LogP contribution in [-0.2, 0) is 4.79 Å². The number of amides is 1. The largest absolute Gasteiger partial charge is 0.493 e. The first kappa shape index (κ1) is 23.0. The number of aryl methyl sites for hydroxylation is 4. The lowest BCUT2D eigenvalue weighted by Gasteiger charge is -2.12. The SMILES string of the molecule is COc1ccc(/C=C/C(=O)Nc2cc(C)nn2-c2cc(C)c3cc(C)cc(C)c3n2)cc1OC. The van der Waals surface area contributed by atoms with Gasteiger partial charge >= 0.3 is 0 Å². The molecule has 1 N–H and O–H groups in total. The second-order valence-corrected chi connectivity index (χ2v) is 8.30. The highest BCUT2D eigenvalue weighted by atomic mass is 16.5. The quantitative estimate of drug-likeness (QED) is 0.397. The van der Waals surface area contributed by atoms with Crippen LogP contribution in [0.4, 0.5) is 5.82 Å². The van der Waals surface area contributed by atoms with Gasteiger partial charge in [-0.3, -0.25) is 4.79 Å². The van der Waals surface area contributed by atoms with Crippen molar-refractivity contribution in [2.75, 3.05) is 19.5 Å². The number of hydrogen-bond donors (Lipinski definition) is 1. The Balaban J connectivity index is 1.62. The molecule has 0 aliphatic heterocycles. The lowest BCUT2D eigenvalue weighted by Crippen LogP contribution is -2.13. The van der Waals surface area contributed by atoms with Crippen molar-refractivity contribution in [3.63, 3.8) is 0 Å². The van der Waals surface area contributed by atoms with Crippen LogP contribution in [0.3, 0.4) is 0 Å². The number of carbonyl (C=O) groups is 1. The molecule has 1 amide bonds. The number of aromatic nitrogens is 3. The maximum Gasteiger partial charge on any atom is 0.249 e. The van der Waals surface area contributed by atoms with Crippen LogP contribution < -0.4 is 14.8 Å². The molecule has 2 aromatic heterocycles. The Kier molecular flexibility index (Phi) is 6.36. The predicted molar refractivity (Wildman–Crippen MR) is 135 cm³/mol. The zero-order valence-electron chi connectivity index (χ0n) is 20.3. The Bertz CT molecular complexity index is 1420. The predicted octanol–water partition coefficient (Wildman–Crippen LogP) is 5.32. The summed E-state index contributed by atoms with van der Waals surface area (Å²) in [6.45, 7) is 8.09. The van der Waals surface area contributed by atoms with E-state index in [-0.39, 0.29) is 5.91 Å². The molecule has 174 valence electrons. The van der Waals surface area contributed by atoms with Gasteiger partial charge in [0.2, 0.25) is 5.91 Å². The zero-order valence-corrected chi connectivity index (χ0v) is 20.3. The fourth-order valence-corrected chi connectivity index (χ4v) is 4.00. The molecule has 0 atom stereocenters. The fourth-order valence-electron chi connectivity index (χ4n) is 4.00. The van der Waals surface area contributed by atoms with Crippen molar-refractivity contribution in [3.05, 3.63) is 76.5 Å². The molecule has 7 nitrogen and oxygen atoms in total. The Morgan fingerprint density at radius 2 is 1.71 bits per heavy atom. The lowest BCUT2D eigenvalue weighted by molar-refractivity contribution is -0.111. The molecule has 0 saturated carbocycles. The van der Waals surface area contributed by atoms with E-state index in [1.54, 1.807) is 31.0 Å². The molecule has 0 unspecified atom stereocenters. The topological polar surface area (TPSA) is 78.3 Å². The maximum atomic E-state index is 12.7. The third kappa shape index (κ3) is 4.64. The summed E-state index contributed by atoms with van der Waals surface area (Å²) >= 11 is 0. The molecule has 2 aromatic carbocycles. The minimum atomic E-state index is -0.278. The van der Waals surface area contributed by atoms with Crippen molar-refractivity contribution in [1.29, 1.82) is 0 Å². The fraction of sp³-hybridized carbons (Fsp3) is 0.222. The molecule has 34 heavy (non-hydrogen) atoms. The summed E-state index contributed by atoms with van der Waals surface area (Å²) in [6, 6.07) is 13.5. The zero-order chi connectivity index (χ0) is 24.4. The third-order valence-corrected chi connectivity index (χ3v) is 5.58. The number of carbonyl (C=O) groups excluding carboxylic acids is 1. The summed E-state index contributed by atoms with van der Waals surface area (Å²) in [5.41, 5.74) is 5.93. The molecule has 0 aliphatic carbocycles. The molecular weight excluding hydrogens is 428 g/mol. The number of nitrogens with one attached hydrogen (secondary N) is 1. The first-order chi connectivity index (χ1) is 16.3. The molecule has 0 radical (unpaired) electrons. The minimum absolute atomic E-state index is 0.278. The second-order valence-electron chi connectivity index (χ2n) is 8.30. The van der Waals surface area contributed by atoms with Crippen LogP contribution in [0.1, 0.15) is 27.9 Å². The van der Waals surface area contributed by atoms with Gasteiger partial charge in [-0.25, -0.2) is 4.98 Å². The van der Waals surface area contributed by atoms with Crippen molar-refractivity contribution >= 4 is 28.7 Å². The molecule has 0 aliphatic rings. The average Bonchev–Trinajstić information content (AvgIpc) is 3.17. The Hall–Kier alpha value is -4.13. The normalized spacial score (nSPS) is 11.2. The van der Waals surface area contributed by atoms with E-state index in [1.807, 2.05) is 31.2 Å². The van der Waals surface area contributed by atoms with E-state index in [0.717, 1.165) is 33.3 Å². The van der Waals surface area contributed by atoms with E-state index in [9.17, 15) is 4.79 Å². The molecule has 2 heterocycles. The first-order valence-corrected chi connectivity index (χ1v) is 11.0. The lowest BCUT2D eigenvalue weighted by atomic mass is 10.0. The highest BCUT2D eigenvalue weighted by molar-refractivity contribution is 6.01. The van der Waals surface area contributed by atoms with E-state index in [2.05, 4.69) is 43.3 Å². The van der Waals surface area contributed by atoms with Crippen LogP contribution in [0, 0.1) is 27.7 Å². The van der Waals surface area contributed by atoms with E-state index >= 15 is 0 Å². The van der Waals surface area contributed by atoms with Gasteiger partial charge in [-0.05, 0) is 74.7 Å². The van der Waals surface area contributed by atoms with Crippen LogP contribution in [0.25, 0.3) is 22.8 Å². The maximum absolute atomic E-state index is 12.7. The molecular formula is C27H28N4O3. The van der Waals surface area contributed by atoms with Crippen molar-refractivity contribution in [2.45, 2.75) is 27.7 Å². The number of fused-ring (bicyclic) bond motifs is 1. The van der Waals surface area contributed by atoms with Crippen molar-refractivity contribution in [2.24, 2.45) is 0 Å². The highest BCUT2D eigenvalue weighted by Gasteiger charge is 2.14. The summed E-state index contributed by atoms with van der Waals surface area (Å²) in [7, 11) is 3.16. The van der Waals surface area contributed by atoms with Crippen molar-refractivity contribution in [1.82, 2.24) is 14.8 Å². The van der Waals surface area contributed by atoms with Gasteiger partial charge in [0.05, 0.1) is 25.4 Å². The van der Waals surface area contributed by atoms with Gasteiger partial charge in [0, 0.05) is 17.5 Å². The Morgan fingerprint density at radius 3 is 2.44 bits per heavy atom. The van der Waals surface area contributed by atoms with Crippen LogP contribution in [0.15, 0.2) is 48.5 Å². The monoisotopic (exact) mass is 456 g/mol. The summed E-state index contributed by atoms with van der Waals surface area (Å²) in [5.74, 6) is 2.16. The van der Waals surface area contributed by atoms with E-state index < -0.39 is 0 Å². The smallest absolute Gasteiger partial charge is 0.249 e. The van der Waals surface area contributed by atoms with Gasteiger partial charge in [0.15, 0.2) is 17.3 Å². The summed E-state index contributed by atoms with van der Waals surface area (Å²) in [5, 5.41) is 8.61. The van der Waals surface area contributed by atoms with Gasteiger partial charge in [-0.1, -0.05) is 17.7 Å². The highest BCUT2D eigenvalue weighted by Crippen LogP contribution is 2.28. The summed E-state index contributed by atoms with van der Waals surface area (Å²) < 4.78 is 12.3. The van der Waals surface area contributed by atoms with Crippen LogP contribution >= 0.6 is 0 Å². The second kappa shape index (κ2) is 9.39. The van der Waals surface area contributed by atoms with E-state index in [4.69, 9.17) is 14.5 Å². The van der Waals surface area contributed by atoms with E-state index in [1.165, 1.54) is 11.6 Å². The van der Waals surface area contributed by atoms with Crippen LogP contribution in [-0.4, -0.2) is 34.9 Å². The average molecular weight is 457 g/mol. The molecule has 4 rings (SSSR count). The van der Waals surface area contributed by atoms with Gasteiger partial charge in [0.25, 0.3) is 0 Å². The number of anilines is 1. The number of pyridine rings is 1. The van der Waals surface area contributed by atoms with Gasteiger partial charge in [0.1, 0.15) is 5.82 Å². The Morgan fingerprint density at radius 1 is 0.941 bits per heavy atom. The van der Waals surface area contributed by atoms with Gasteiger partial charge in [-0.2, -0.15) is 9.78 Å². The molecule has 0 saturated heterocycles. The van der Waals surface area contributed by atoms with Gasteiger partial charge in [-0.15, -0.1) is 0 Å². The van der Waals surface area contributed by atoms with Gasteiger partial charge < -0.3 is 14.8 Å². The van der Waals surface area contributed by atoms with Crippen molar-refractivity contribution in [3.8, 4) is 17.3 Å². The first-order valence-electron chi connectivity index (χ1n) is 11.0. The number of benzene rings is 2. The van der Waals surface area contributed by atoms with Crippen LogP contribution in [0.2, 0.25) is 0 Å². The molecule has 0 spiro atoms. The molecule has 4 aromatic rings. The summed E-state index contributed by atoms with van der Waals surface area (Å²) in [4.78, 5) is 17.6. The molecule has 0 bridgehead atoms. The van der Waals surface area contributed by atoms with Crippen LogP contribution in [0.5, 0.6) is 11.5 Å². The minimum Gasteiger partial charge on any atom is -0.493 e. The summed E-state index contributed by atoms with van der Waals surface area (Å²) in [6.07, 6.45) is 3.19. The van der Waals surface area contributed by atoms with E-state index in [0.29, 0.717) is 23.1 Å². The molecule has 7 heteroatoms. The van der Waals surface area contributed by atoms with Crippen molar-refractivity contribution < 1.29 is 14.3 Å². The number of methoxy groups -OCH3 is 2. The standard InChI is InChI=1S/C27H28N4O3/c1-16-11-18(3)27-21(12-16)17(2)13-24(29-27)31-25(14-19(4)30-31)28-26(32)10-8-20-7-9-22(33-5)23(15-20)34-6/h7-15H,1-6H3,(H,28,32)/b10-8+. The number of nitrogens with zero attached hydrogens (tertiary/aromatic N) is 3. The molecule has 0 fully saturated rings. The third-order valence-electron chi connectivity index (χ3n) is 5.58. The number of rotatable bonds is 6. The number of hydrogen-bond acceptors (Lipinski definition) is 5. The number of ether oxygens (including phenoxy) is 2. The Labute approximate surface area is 199 Å².